The molecular weight excluding hydrogens is 312 g/mol. The number of benzene rings is 1. The Kier molecular flexibility index (Phi) is 4.65. The monoisotopic (exact) mass is 336 g/mol. The summed E-state index contributed by atoms with van der Waals surface area (Å²) in [6.45, 7) is 3.31. The number of fused-ring (bicyclic) bond motifs is 1. The van der Waals surface area contributed by atoms with Gasteiger partial charge in [0, 0.05) is 25.2 Å². The lowest BCUT2D eigenvalue weighted by molar-refractivity contribution is 0.206. The lowest BCUT2D eigenvalue weighted by Gasteiger charge is -2.31. The Bertz CT molecular complexity index is 827. The number of nitrogens with zero attached hydrogens (tertiary/aromatic N) is 4. The van der Waals surface area contributed by atoms with Gasteiger partial charge < -0.3 is 9.64 Å². The molecule has 1 aliphatic heterocycles. The van der Waals surface area contributed by atoms with Crippen LogP contribution in [0, 0.1) is 0 Å². The minimum atomic E-state index is 0.460. The van der Waals surface area contributed by atoms with Gasteiger partial charge in [-0.15, -0.1) is 10.2 Å². The molecule has 25 heavy (non-hydrogen) atoms. The van der Waals surface area contributed by atoms with Gasteiger partial charge >= 0.3 is 0 Å². The molecule has 0 N–H and O–H groups in total. The van der Waals surface area contributed by atoms with E-state index in [1.807, 2.05) is 30.3 Å². The Hall–Kier alpha value is -2.40. The van der Waals surface area contributed by atoms with Crippen molar-refractivity contribution in [3.63, 3.8) is 0 Å². The highest BCUT2D eigenvalue weighted by Gasteiger charge is 2.24. The van der Waals surface area contributed by atoms with Crippen molar-refractivity contribution in [2.75, 3.05) is 26.7 Å². The van der Waals surface area contributed by atoms with Crippen LogP contribution in [-0.2, 0) is 6.42 Å². The second-order valence-corrected chi connectivity index (χ2v) is 6.72. The zero-order valence-electron chi connectivity index (χ0n) is 14.6. The average Bonchev–Trinajstić information content (AvgIpc) is 3.11. The molecule has 5 nitrogen and oxygen atoms in total. The first-order valence-electron chi connectivity index (χ1n) is 8.98. The SMILES string of the molecule is COc1ccc(CCN2CCC[C@@H](c3nnc4ccccn34)C2)cc1. The van der Waals surface area contributed by atoms with E-state index >= 15 is 0 Å². The molecule has 0 radical (unpaired) electrons. The summed E-state index contributed by atoms with van der Waals surface area (Å²) in [4.78, 5) is 2.56. The Labute approximate surface area is 148 Å². The lowest BCUT2D eigenvalue weighted by atomic mass is 9.96. The van der Waals surface area contributed by atoms with Gasteiger partial charge in [0.05, 0.1) is 7.11 Å². The van der Waals surface area contributed by atoms with Crippen LogP contribution < -0.4 is 4.74 Å². The van der Waals surface area contributed by atoms with Gasteiger partial charge in [0.25, 0.3) is 0 Å². The van der Waals surface area contributed by atoms with Gasteiger partial charge in [0.1, 0.15) is 11.6 Å². The van der Waals surface area contributed by atoms with E-state index in [1.54, 1.807) is 7.11 Å². The Morgan fingerprint density at radius 3 is 2.84 bits per heavy atom. The number of piperidine rings is 1. The van der Waals surface area contributed by atoms with Crippen LogP contribution in [-0.4, -0.2) is 46.2 Å². The van der Waals surface area contributed by atoms with Gasteiger partial charge in [-0.3, -0.25) is 4.40 Å². The summed E-state index contributed by atoms with van der Waals surface area (Å²) < 4.78 is 7.37. The molecule has 1 aliphatic rings. The average molecular weight is 336 g/mol. The zero-order chi connectivity index (χ0) is 17.1. The molecule has 4 rings (SSSR count). The minimum absolute atomic E-state index is 0.460. The highest BCUT2D eigenvalue weighted by atomic mass is 16.5. The second kappa shape index (κ2) is 7.23. The van der Waals surface area contributed by atoms with Crippen molar-refractivity contribution in [1.29, 1.82) is 0 Å². The Morgan fingerprint density at radius 1 is 1.12 bits per heavy atom. The molecule has 0 aliphatic carbocycles. The lowest BCUT2D eigenvalue weighted by Crippen LogP contribution is -2.36. The van der Waals surface area contributed by atoms with Crippen molar-refractivity contribution in [3.05, 3.63) is 60.0 Å². The van der Waals surface area contributed by atoms with Gasteiger partial charge in [-0.2, -0.15) is 0 Å². The van der Waals surface area contributed by atoms with E-state index in [0.29, 0.717) is 5.92 Å². The molecule has 1 saturated heterocycles. The first-order valence-corrected chi connectivity index (χ1v) is 8.98. The van der Waals surface area contributed by atoms with Gasteiger partial charge in [-0.1, -0.05) is 18.2 Å². The van der Waals surface area contributed by atoms with E-state index in [1.165, 1.54) is 24.9 Å². The van der Waals surface area contributed by atoms with Gasteiger partial charge in [0.15, 0.2) is 5.65 Å². The zero-order valence-corrected chi connectivity index (χ0v) is 14.6. The van der Waals surface area contributed by atoms with E-state index in [2.05, 4.69) is 37.8 Å². The van der Waals surface area contributed by atoms with Crippen LogP contribution in [0.4, 0.5) is 0 Å². The first kappa shape index (κ1) is 16.1. The highest BCUT2D eigenvalue weighted by Crippen LogP contribution is 2.26. The largest absolute Gasteiger partial charge is 0.497 e. The summed E-state index contributed by atoms with van der Waals surface area (Å²) in [7, 11) is 1.71. The van der Waals surface area contributed by atoms with E-state index < -0.39 is 0 Å². The summed E-state index contributed by atoms with van der Waals surface area (Å²) in [6.07, 6.45) is 5.54. The fourth-order valence-corrected chi connectivity index (χ4v) is 3.69. The maximum atomic E-state index is 5.23. The second-order valence-electron chi connectivity index (χ2n) is 6.72. The molecule has 0 saturated carbocycles. The summed E-state index contributed by atoms with van der Waals surface area (Å²) in [5.74, 6) is 2.48. The molecule has 0 unspecified atom stereocenters. The van der Waals surface area contributed by atoms with Gasteiger partial charge in [0.2, 0.25) is 0 Å². The summed E-state index contributed by atoms with van der Waals surface area (Å²) >= 11 is 0. The molecule has 1 atom stereocenters. The molecule has 1 aromatic carbocycles. The molecule has 2 aromatic heterocycles. The molecule has 3 aromatic rings. The standard InChI is InChI=1S/C20H24N4O/c1-25-18-9-7-16(8-10-18)11-14-23-12-4-5-17(15-23)20-22-21-19-6-2-3-13-24(19)20/h2-3,6-10,13,17H,4-5,11-12,14-15H2,1H3/t17-/m1/s1. The van der Waals surface area contributed by atoms with Crippen LogP contribution in [0.2, 0.25) is 0 Å². The van der Waals surface area contributed by atoms with Gasteiger partial charge in [-0.05, 0) is 55.6 Å². The fraction of sp³-hybridized carbons (Fsp3) is 0.400. The van der Waals surface area contributed by atoms with Crippen molar-refractivity contribution in [2.45, 2.75) is 25.2 Å². The van der Waals surface area contributed by atoms with Crippen LogP contribution in [0.3, 0.4) is 0 Å². The van der Waals surface area contributed by atoms with Crippen molar-refractivity contribution >= 4 is 5.65 Å². The van der Waals surface area contributed by atoms with E-state index in [-0.39, 0.29) is 0 Å². The topological polar surface area (TPSA) is 42.7 Å². The Balaban J connectivity index is 1.40. The Morgan fingerprint density at radius 2 is 2.00 bits per heavy atom. The van der Waals surface area contributed by atoms with Crippen molar-refractivity contribution in [2.24, 2.45) is 0 Å². The number of likely N-dealkylation sites (tertiary alicyclic amines) is 1. The predicted molar refractivity (Wildman–Crippen MR) is 98.1 cm³/mol. The van der Waals surface area contributed by atoms with Crippen LogP contribution in [0.1, 0.15) is 30.1 Å². The molecule has 3 heterocycles. The normalized spacial score (nSPS) is 18.5. The third-order valence-corrected chi connectivity index (χ3v) is 5.09. The van der Waals surface area contributed by atoms with Crippen LogP contribution >= 0.6 is 0 Å². The van der Waals surface area contributed by atoms with Crippen molar-refractivity contribution in [1.82, 2.24) is 19.5 Å². The third kappa shape index (κ3) is 3.51. The molecule has 0 bridgehead atoms. The van der Waals surface area contributed by atoms with Crippen LogP contribution in [0.25, 0.3) is 5.65 Å². The summed E-state index contributed by atoms with van der Waals surface area (Å²) in [5, 5.41) is 8.77. The third-order valence-electron chi connectivity index (χ3n) is 5.09. The minimum Gasteiger partial charge on any atom is -0.497 e. The number of rotatable bonds is 5. The highest BCUT2D eigenvalue weighted by molar-refractivity contribution is 5.37. The van der Waals surface area contributed by atoms with E-state index in [9.17, 15) is 0 Å². The molecule has 1 fully saturated rings. The van der Waals surface area contributed by atoms with E-state index in [4.69, 9.17) is 4.74 Å². The fourth-order valence-electron chi connectivity index (χ4n) is 3.69. The number of aromatic nitrogens is 3. The number of hydrogen-bond donors (Lipinski definition) is 0. The number of pyridine rings is 1. The van der Waals surface area contributed by atoms with Gasteiger partial charge in [-0.25, -0.2) is 0 Å². The predicted octanol–water partition coefficient (Wildman–Crippen LogP) is 3.16. The van der Waals surface area contributed by atoms with Crippen molar-refractivity contribution < 1.29 is 4.74 Å². The molecule has 0 amide bonds. The molecule has 5 heteroatoms. The number of hydrogen-bond acceptors (Lipinski definition) is 4. The smallest absolute Gasteiger partial charge is 0.160 e. The number of ether oxygens (including phenoxy) is 1. The van der Waals surface area contributed by atoms with Crippen LogP contribution in [0.15, 0.2) is 48.7 Å². The molecule has 0 spiro atoms. The first-order chi connectivity index (χ1) is 12.3. The van der Waals surface area contributed by atoms with Crippen molar-refractivity contribution in [3.8, 4) is 5.75 Å². The maximum absolute atomic E-state index is 5.23. The summed E-state index contributed by atoms with van der Waals surface area (Å²) in [6, 6.07) is 14.5. The maximum Gasteiger partial charge on any atom is 0.160 e. The number of methoxy groups -OCH3 is 1. The molecular formula is C20H24N4O. The van der Waals surface area contributed by atoms with E-state index in [0.717, 1.165) is 36.7 Å². The summed E-state index contributed by atoms with van der Waals surface area (Å²) in [5.41, 5.74) is 2.30. The molecule has 130 valence electrons. The quantitative estimate of drug-likeness (QED) is 0.718. The van der Waals surface area contributed by atoms with Crippen LogP contribution in [0.5, 0.6) is 5.75 Å².